The lowest BCUT2D eigenvalue weighted by atomic mass is 10.0. The van der Waals surface area contributed by atoms with E-state index in [1.807, 2.05) is 35.2 Å². The number of piperidine rings is 1. The van der Waals surface area contributed by atoms with Crippen molar-refractivity contribution in [3.8, 4) is 22.8 Å². The smallest absolute Gasteiger partial charge is 0.233 e. The lowest BCUT2D eigenvalue weighted by Crippen LogP contribution is -2.36. The van der Waals surface area contributed by atoms with Crippen molar-refractivity contribution in [2.45, 2.75) is 44.2 Å². The Morgan fingerprint density at radius 2 is 1.75 bits per heavy atom. The summed E-state index contributed by atoms with van der Waals surface area (Å²) in [4.78, 5) is 14.8. The fourth-order valence-corrected chi connectivity index (χ4v) is 4.90. The number of benzene rings is 2. The van der Waals surface area contributed by atoms with Crippen LogP contribution in [0.2, 0.25) is 0 Å². The van der Waals surface area contributed by atoms with E-state index in [0.717, 1.165) is 53.9 Å². The van der Waals surface area contributed by atoms with Gasteiger partial charge in [-0.3, -0.25) is 9.36 Å². The molecule has 0 aliphatic carbocycles. The lowest BCUT2D eigenvalue weighted by molar-refractivity contribution is -0.129. The maximum Gasteiger partial charge on any atom is 0.233 e. The van der Waals surface area contributed by atoms with Gasteiger partial charge in [0.1, 0.15) is 5.75 Å². The molecule has 1 aliphatic heterocycles. The van der Waals surface area contributed by atoms with Crippen LogP contribution in [-0.4, -0.2) is 51.5 Å². The summed E-state index contributed by atoms with van der Waals surface area (Å²) in [5.74, 6) is 2.43. The number of amides is 1. The fourth-order valence-electron chi connectivity index (χ4n) is 4.05. The third kappa shape index (κ3) is 4.83. The molecule has 0 atom stereocenters. The van der Waals surface area contributed by atoms with Gasteiger partial charge in [0.05, 0.1) is 18.6 Å². The molecule has 4 rings (SSSR count). The van der Waals surface area contributed by atoms with Crippen molar-refractivity contribution in [2.75, 3.05) is 26.0 Å². The second-order valence-electron chi connectivity index (χ2n) is 8.31. The normalized spacial score (nSPS) is 14.1. The summed E-state index contributed by atoms with van der Waals surface area (Å²) >= 11 is 1.46. The predicted octanol–water partition coefficient (Wildman–Crippen LogP) is 5.17. The average molecular weight is 451 g/mol. The molecule has 1 amide bonds. The number of ether oxygens (including phenoxy) is 1. The Labute approximate surface area is 194 Å². The van der Waals surface area contributed by atoms with Crippen molar-refractivity contribution < 1.29 is 9.53 Å². The number of carbonyl (C=O) groups excluding carboxylic acids is 1. The third-order valence-electron chi connectivity index (χ3n) is 5.81. The number of rotatable bonds is 7. The van der Waals surface area contributed by atoms with Gasteiger partial charge < -0.3 is 9.64 Å². The molecule has 7 heteroatoms. The van der Waals surface area contributed by atoms with Gasteiger partial charge >= 0.3 is 0 Å². The highest BCUT2D eigenvalue weighted by Gasteiger charge is 2.22. The average Bonchev–Trinajstić information content (AvgIpc) is 3.26. The van der Waals surface area contributed by atoms with Crippen LogP contribution in [0.3, 0.4) is 0 Å². The van der Waals surface area contributed by atoms with Crippen molar-refractivity contribution in [2.24, 2.45) is 0 Å². The molecule has 2 heterocycles. The van der Waals surface area contributed by atoms with Gasteiger partial charge in [0.2, 0.25) is 5.91 Å². The molecule has 0 spiro atoms. The lowest BCUT2D eigenvalue weighted by Gasteiger charge is -2.26. The van der Waals surface area contributed by atoms with Crippen LogP contribution in [0, 0.1) is 0 Å². The monoisotopic (exact) mass is 450 g/mol. The van der Waals surface area contributed by atoms with Crippen molar-refractivity contribution in [1.82, 2.24) is 19.7 Å². The van der Waals surface area contributed by atoms with Gasteiger partial charge in [-0.2, -0.15) is 0 Å². The maximum atomic E-state index is 12.8. The number of hydrogen-bond donors (Lipinski definition) is 0. The molecule has 0 N–H and O–H groups in total. The minimum atomic E-state index is 0.174. The number of nitrogens with zero attached hydrogens (tertiary/aromatic N) is 4. The molecule has 1 fully saturated rings. The molecule has 1 aromatic heterocycles. The molecule has 2 aromatic carbocycles. The third-order valence-corrected chi connectivity index (χ3v) is 6.73. The Hall–Kier alpha value is -2.80. The molecular formula is C25H30N4O2S. The Bertz CT molecular complexity index is 1060. The Morgan fingerprint density at radius 3 is 2.44 bits per heavy atom. The molecular weight excluding hydrogens is 420 g/mol. The van der Waals surface area contributed by atoms with Crippen LogP contribution in [-0.2, 0) is 4.79 Å². The highest BCUT2D eigenvalue weighted by Crippen LogP contribution is 2.33. The number of methoxy groups -OCH3 is 1. The zero-order chi connectivity index (χ0) is 22.5. The standard InChI is InChI=1S/C25H30N4O2S/c1-18(2)21-9-5-6-10-22(21)29-24(19-11-13-20(31-3)14-12-19)26-27-25(29)32-17-23(30)28-15-7-4-8-16-28/h5-6,9-14,18H,4,7-8,15-17H2,1-3H3. The maximum absolute atomic E-state index is 12.8. The minimum Gasteiger partial charge on any atom is -0.497 e. The second-order valence-corrected chi connectivity index (χ2v) is 9.26. The summed E-state index contributed by atoms with van der Waals surface area (Å²) in [6.45, 7) is 6.09. The predicted molar refractivity (Wildman–Crippen MR) is 129 cm³/mol. The molecule has 0 radical (unpaired) electrons. The van der Waals surface area contributed by atoms with E-state index >= 15 is 0 Å². The Morgan fingerprint density at radius 1 is 1.03 bits per heavy atom. The zero-order valence-corrected chi connectivity index (χ0v) is 19.8. The summed E-state index contributed by atoms with van der Waals surface area (Å²) < 4.78 is 7.40. The summed E-state index contributed by atoms with van der Waals surface area (Å²) in [5, 5.41) is 9.77. The molecule has 3 aromatic rings. The van der Waals surface area contributed by atoms with Crippen LogP contribution in [0.5, 0.6) is 5.75 Å². The number of thioether (sulfide) groups is 1. The van der Waals surface area contributed by atoms with E-state index in [9.17, 15) is 4.79 Å². The number of aromatic nitrogens is 3. The van der Waals surface area contributed by atoms with Crippen molar-refractivity contribution >= 4 is 17.7 Å². The van der Waals surface area contributed by atoms with Crippen molar-refractivity contribution in [1.29, 1.82) is 0 Å². The van der Waals surface area contributed by atoms with Crippen LogP contribution in [0.1, 0.15) is 44.6 Å². The van der Waals surface area contributed by atoms with E-state index in [1.54, 1.807) is 7.11 Å². The van der Waals surface area contributed by atoms with E-state index < -0.39 is 0 Å². The van der Waals surface area contributed by atoms with E-state index in [-0.39, 0.29) is 5.91 Å². The number of carbonyl (C=O) groups is 1. The van der Waals surface area contributed by atoms with E-state index in [2.05, 4.69) is 46.8 Å². The summed E-state index contributed by atoms with van der Waals surface area (Å²) in [7, 11) is 1.66. The van der Waals surface area contributed by atoms with Crippen molar-refractivity contribution in [3.05, 3.63) is 54.1 Å². The van der Waals surface area contributed by atoms with Gasteiger partial charge in [-0.05, 0) is 61.1 Å². The molecule has 0 unspecified atom stereocenters. The summed E-state index contributed by atoms with van der Waals surface area (Å²) in [5.41, 5.74) is 3.21. The highest BCUT2D eigenvalue weighted by atomic mass is 32.2. The van der Waals surface area contributed by atoms with Crippen molar-refractivity contribution in [3.63, 3.8) is 0 Å². The second kappa shape index (κ2) is 10.2. The van der Waals surface area contributed by atoms with Crippen LogP contribution in [0.4, 0.5) is 0 Å². The van der Waals surface area contributed by atoms with Crippen LogP contribution >= 0.6 is 11.8 Å². The SMILES string of the molecule is COc1ccc(-c2nnc(SCC(=O)N3CCCCC3)n2-c2ccccc2C(C)C)cc1. The quantitative estimate of drug-likeness (QED) is 0.465. The van der Waals surface area contributed by atoms with Gasteiger partial charge in [-0.15, -0.1) is 10.2 Å². The summed E-state index contributed by atoms with van der Waals surface area (Å²) in [6.07, 6.45) is 3.40. The van der Waals surface area contributed by atoms with E-state index in [1.165, 1.54) is 23.7 Å². The van der Waals surface area contributed by atoms with Gasteiger partial charge in [0.15, 0.2) is 11.0 Å². The van der Waals surface area contributed by atoms with Crippen LogP contribution < -0.4 is 4.74 Å². The molecule has 0 saturated carbocycles. The van der Waals surface area contributed by atoms with E-state index in [4.69, 9.17) is 4.74 Å². The van der Waals surface area contributed by atoms with Gasteiger partial charge in [0.25, 0.3) is 0 Å². The first kappa shape index (κ1) is 22.4. The van der Waals surface area contributed by atoms with Gasteiger partial charge in [-0.25, -0.2) is 0 Å². The molecule has 6 nitrogen and oxygen atoms in total. The topological polar surface area (TPSA) is 60.3 Å². The zero-order valence-electron chi connectivity index (χ0n) is 19.0. The van der Waals surface area contributed by atoms with Gasteiger partial charge in [0, 0.05) is 18.7 Å². The number of para-hydroxylation sites is 1. The van der Waals surface area contributed by atoms with Crippen LogP contribution in [0.25, 0.3) is 17.1 Å². The first-order valence-corrected chi connectivity index (χ1v) is 12.2. The molecule has 0 bridgehead atoms. The molecule has 1 aliphatic rings. The largest absolute Gasteiger partial charge is 0.497 e. The van der Waals surface area contributed by atoms with Gasteiger partial charge in [-0.1, -0.05) is 43.8 Å². The number of likely N-dealkylation sites (tertiary alicyclic amines) is 1. The van der Waals surface area contributed by atoms with Crippen LogP contribution in [0.15, 0.2) is 53.7 Å². The minimum absolute atomic E-state index is 0.174. The molecule has 32 heavy (non-hydrogen) atoms. The molecule has 168 valence electrons. The summed E-state index contributed by atoms with van der Waals surface area (Å²) in [6, 6.07) is 16.2. The fraction of sp³-hybridized carbons (Fsp3) is 0.400. The number of hydrogen-bond acceptors (Lipinski definition) is 5. The molecule has 1 saturated heterocycles. The first-order chi connectivity index (χ1) is 15.6. The Kier molecular flexibility index (Phi) is 7.15. The Balaban J connectivity index is 1.70. The first-order valence-electron chi connectivity index (χ1n) is 11.2. The highest BCUT2D eigenvalue weighted by molar-refractivity contribution is 7.99. The van der Waals surface area contributed by atoms with E-state index in [0.29, 0.717) is 11.7 Å².